The molecule has 1 N–H and O–H groups in total. The van der Waals surface area contributed by atoms with E-state index in [2.05, 4.69) is 11.9 Å². The van der Waals surface area contributed by atoms with Gasteiger partial charge in [-0.25, -0.2) is 4.79 Å². The maximum atomic E-state index is 13.4. The van der Waals surface area contributed by atoms with Crippen molar-refractivity contribution in [2.45, 2.75) is 44.7 Å². The van der Waals surface area contributed by atoms with Crippen LogP contribution in [0.25, 0.3) is 11.2 Å². The molecule has 0 fully saturated rings. The highest BCUT2D eigenvalue weighted by Gasteiger charge is 2.22. The average Bonchev–Trinajstić information content (AvgIpc) is 3.17. The number of benzene rings is 1. The molecule has 2 aromatic heterocycles. The van der Waals surface area contributed by atoms with E-state index < -0.39 is 11.2 Å². The van der Waals surface area contributed by atoms with E-state index in [9.17, 15) is 14.7 Å². The molecule has 1 aliphatic carbocycles. The molecule has 3 aromatic rings. The van der Waals surface area contributed by atoms with Gasteiger partial charge in [-0.2, -0.15) is 4.98 Å². The summed E-state index contributed by atoms with van der Waals surface area (Å²) in [5.74, 6) is 0.602. The fourth-order valence-corrected chi connectivity index (χ4v) is 4.04. The molecule has 33 heavy (non-hydrogen) atoms. The van der Waals surface area contributed by atoms with Crippen molar-refractivity contribution in [2.75, 3.05) is 6.61 Å². The van der Waals surface area contributed by atoms with E-state index >= 15 is 0 Å². The van der Waals surface area contributed by atoms with Crippen LogP contribution in [0.4, 0.5) is 0 Å². The number of allylic oxidation sites excluding steroid dienone is 4. The second kappa shape index (κ2) is 9.80. The monoisotopic (exact) mass is 470 g/mol. The van der Waals surface area contributed by atoms with Crippen LogP contribution >= 0.6 is 11.6 Å². The van der Waals surface area contributed by atoms with Gasteiger partial charge in [-0.15, -0.1) is 11.6 Å². The van der Waals surface area contributed by atoms with Crippen LogP contribution in [-0.2, 0) is 26.6 Å². The SMILES string of the molecule is CCc1cccc(Oc2nc3c(c(=O)n(CCCO)c(=O)n3C)n2CC2=CCC(Cl)C=C2)c1. The predicted molar refractivity (Wildman–Crippen MR) is 128 cm³/mol. The van der Waals surface area contributed by atoms with Crippen molar-refractivity contribution < 1.29 is 9.84 Å². The minimum Gasteiger partial charge on any atom is -0.425 e. The van der Waals surface area contributed by atoms with Gasteiger partial charge >= 0.3 is 11.7 Å². The van der Waals surface area contributed by atoms with Gasteiger partial charge in [-0.05, 0) is 42.5 Å². The zero-order valence-corrected chi connectivity index (χ0v) is 19.5. The third kappa shape index (κ3) is 4.67. The number of aliphatic hydroxyl groups is 1. The van der Waals surface area contributed by atoms with Gasteiger partial charge in [0, 0.05) is 20.2 Å². The van der Waals surface area contributed by atoms with E-state index in [1.807, 2.05) is 42.5 Å². The van der Waals surface area contributed by atoms with Crippen LogP contribution in [0.2, 0.25) is 0 Å². The number of alkyl halides is 1. The van der Waals surface area contributed by atoms with Gasteiger partial charge in [0.15, 0.2) is 11.2 Å². The van der Waals surface area contributed by atoms with E-state index in [1.54, 1.807) is 11.6 Å². The Morgan fingerprint density at radius 2 is 2.09 bits per heavy atom. The second-order valence-electron chi connectivity index (χ2n) is 8.02. The summed E-state index contributed by atoms with van der Waals surface area (Å²) < 4.78 is 10.3. The molecule has 0 amide bonds. The molecule has 4 rings (SSSR count). The van der Waals surface area contributed by atoms with E-state index in [-0.39, 0.29) is 35.7 Å². The van der Waals surface area contributed by atoms with Crippen molar-refractivity contribution in [3.63, 3.8) is 0 Å². The van der Waals surface area contributed by atoms with Crippen LogP contribution in [0, 0.1) is 0 Å². The molecule has 1 aromatic carbocycles. The molecule has 0 saturated carbocycles. The average molecular weight is 471 g/mol. The lowest BCUT2D eigenvalue weighted by Crippen LogP contribution is -2.40. The third-order valence-corrected chi connectivity index (χ3v) is 6.04. The number of nitrogens with zero attached hydrogens (tertiary/aromatic N) is 4. The normalized spacial score (nSPS) is 15.8. The minimum absolute atomic E-state index is 0.0580. The fraction of sp³-hybridized carbons (Fsp3) is 0.375. The lowest BCUT2D eigenvalue weighted by Gasteiger charge is -2.14. The van der Waals surface area contributed by atoms with Crippen LogP contribution in [-0.4, -0.2) is 35.8 Å². The first-order valence-electron chi connectivity index (χ1n) is 11.0. The van der Waals surface area contributed by atoms with Gasteiger partial charge in [0.05, 0.1) is 11.9 Å². The van der Waals surface area contributed by atoms with E-state index in [4.69, 9.17) is 16.3 Å². The summed E-state index contributed by atoms with van der Waals surface area (Å²) in [5, 5.41) is 9.15. The first kappa shape index (κ1) is 23.1. The van der Waals surface area contributed by atoms with Crippen molar-refractivity contribution >= 4 is 22.8 Å². The van der Waals surface area contributed by atoms with Crippen molar-refractivity contribution in [1.29, 1.82) is 0 Å². The molecular formula is C24H27ClN4O4. The van der Waals surface area contributed by atoms with Crippen molar-refractivity contribution in [2.24, 2.45) is 7.05 Å². The van der Waals surface area contributed by atoms with E-state index in [0.29, 0.717) is 25.1 Å². The summed E-state index contributed by atoms with van der Waals surface area (Å²) in [4.78, 5) is 30.7. The first-order chi connectivity index (χ1) is 15.9. The van der Waals surface area contributed by atoms with E-state index in [0.717, 1.165) is 22.1 Å². The van der Waals surface area contributed by atoms with Crippen LogP contribution in [0.5, 0.6) is 11.8 Å². The topological polar surface area (TPSA) is 91.3 Å². The van der Waals surface area contributed by atoms with Crippen molar-refractivity contribution in [3.8, 4) is 11.8 Å². The lowest BCUT2D eigenvalue weighted by atomic mass is 10.1. The number of imidazole rings is 1. The Bertz CT molecular complexity index is 1350. The number of ether oxygens (including phenoxy) is 1. The van der Waals surface area contributed by atoms with Crippen LogP contribution in [0.3, 0.4) is 0 Å². The highest BCUT2D eigenvalue weighted by Crippen LogP contribution is 2.27. The molecule has 0 bridgehead atoms. The molecule has 8 nitrogen and oxygen atoms in total. The number of fused-ring (bicyclic) bond motifs is 1. The number of aliphatic hydroxyl groups excluding tert-OH is 1. The molecular weight excluding hydrogens is 444 g/mol. The lowest BCUT2D eigenvalue weighted by molar-refractivity contribution is 0.277. The smallest absolute Gasteiger partial charge is 0.332 e. The van der Waals surface area contributed by atoms with Crippen molar-refractivity contribution in [1.82, 2.24) is 18.7 Å². The number of rotatable bonds is 8. The van der Waals surface area contributed by atoms with Gasteiger partial charge in [0.1, 0.15) is 5.75 Å². The summed E-state index contributed by atoms with van der Waals surface area (Å²) in [6.07, 6.45) is 7.71. The van der Waals surface area contributed by atoms with E-state index in [1.165, 1.54) is 4.57 Å². The number of hydrogen-bond acceptors (Lipinski definition) is 5. The standard InChI is InChI=1S/C24H27ClN4O4/c1-3-16-6-4-7-19(14-16)33-23-26-21-20(29(23)15-17-8-10-18(25)11-9-17)22(31)28(12-5-13-30)24(32)27(21)2/h4,6-10,14,18,30H,3,5,11-13,15H2,1-2H3. The number of aromatic nitrogens is 4. The number of hydrogen-bond donors (Lipinski definition) is 1. The Balaban J connectivity index is 1.89. The Morgan fingerprint density at radius 3 is 2.79 bits per heavy atom. The molecule has 0 spiro atoms. The molecule has 1 unspecified atom stereocenters. The first-order valence-corrected chi connectivity index (χ1v) is 11.5. The molecule has 9 heteroatoms. The summed E-state index contributed by atoms with van der Waals surface area (Å²) in [5.41, 5.74) is 1.67. The Kier molecular flexibility index (Phi) is 6.85. The molecule has 0 radical (unpaired) electrons. The van der Waals surface area contributed by atoms with Gasteiger partial charge in [-0.3, -0.25) is 18.5 Å². The van der Waals surface area contributed by atoms with Crippen LogP contribution in [0.15, 0.2) is 57.7 Å². The largest absolute Gasteiger partial charge is 0.425 e. The summed E-state index contributed by atoms with van der Waals surface area (Å²) in [6.45, 7) is 2.40. The number of halogens is 1. The molecule has 174 valence electrons. The third-order valence-electron chi connectivity index (χ3n) is 5.72. The Morgan fingerprint density at radius 1 is 1.27 bits per heavy atom. The molecule has 0 saturated heterocycles. The maximum absolute atomic E-state index is 13.4. The van der Waals surface area contributed by atoms with Gasteiger partial charge in [-0.1, -0.05) is 37.3 Å². The summed E-state index contributed by atoms with van der Waals surface area (Å²) in [6, 6.07) is 7.91. The molecule has 0 aliphatic heterocycles. The van der Waals surface area contributed by atoms with Crippen molar-refractivity contribution in [3.05, 3.63) is 74.5 Å². The zero-order valence-electron chi connectivity index (χ0n) is 18.7. The van der Waals surface area contributed by atoms with Gasteiger partial charge < -0.3 is 9.84 Å². The number of aryl methyl sites for hydroxylation is 2. The highest BCUT2D eigenvalue weighted by molar-refractivity contribution is 6.22. The zero-order chi connectivity index (χ0) is 23.5. The summed E-state index contributed by atoms with van der Waals surface area (Å²) in [7, 11) is 1.58. The quantitative estimate of drug-likeness (QED) is 0.511. The van der Waals surface area contributed by atoms with Crippen LogP contribution < -0.4 is 16.0 Å². The minimum atomic E-state index is -0.480. The maximum Gasteiger partial charge on any atom is 0.332 e. The molecule has 1 atom stereocenters. The van der Waals surface area contributed by atoms with Crippen LogP contribution in [0.1, 0.15) is 25.3 Å². The Hall–Kier alpha value is -3.10. The Labute approximate surface area is 196 Å². The van der Waals surface area contributed by atoms with Gasteiger partial charge in [0.25, 0.3) is 5.56 Å². The van der Waals surface area contributed by atoms with Gasteiger partial charge in [0.2, 0.25) is 0 Å². The second-order valence-corrected chi connectivity index (χ2v) is 8.58. The summed E-state index contributed by atoms with van der Waals surface area (Å²) >= 11 is 6.17. The molecule has 1 aliphatic rings. The molecule has 2 heterocycles. The predicted octanol–water partition coefficient (Wildman–Crippen LogP) is 3.13. The fourth-order valence-electron chi connectivity index (χ4n) is 3.87. The highest BCUT2D eigenvalue weighted by atomic mass is 35.5.